The van der Waals surface area contributed by atoms with E-state index in [-0.39, 0.29) is 124 Å². The number of aromatic nitrogens is 4. The number of carbonyl (C=O) groups excluding carboxylic acids is 16. The molecule has 764 valence electrons. The van der Waals surface area contributed by atoms with E-state index in [0.29, 0.717) is 87.7 Å². The Kier molecular flexibility index (Phi) is 35.3. The summed E-state index contributed by atoms with van der Waals surface area (Å²) in [5.74, 6) is -9.61. The van der Waals surface area contributed by atoms with Crippen LogP contribution in [-0.4, -0.2) is 299 Å². The lowest BCUT2D eigenvalue weighted by Crippen LogP contribution is -2.61. The van der Waals surface area contributed by atoms with Crippen LogP contribution in [0.4, 0.5) is 43.4 Å². The summed E-state index contributed by atoms with van der Waals surface area (Å²) < 4.78 is 48.0. The molecule has 4 aromatic carbocycles. The normalized spacial score (nSPS) is 18.7. The first-order valence-corrected chi connectivity index (χ1v) is 49.1. The zero-order valence-electron chi connectivity index (χ0n) is 80.0. The van der Waals surface area contributed by atoms with Gasteiger partial charge in [-0.05, 0) is 130 Å². The van der Waals surface area contributed by atoms with Gasteiger partial charge in [0.25, 0.3) is 0 Å². The lowest BCUT2D eigenvalue weighted by atomic mass is 9.63. The van der Waals surface area contributed by atoms with Crippen LogP contribution in [0.5, 0.6) is 28.7 Å². The number of hydrogen-bond donors (Lipinski definition) is 12. The second-order valence-corrected chi connectivity index (χ2v) is 38.7. The average molecular weight is 2060 g/mol. The minimum atomic E-state index is -1.66. The number of nitrogens with one attached hydrogen (secondary N) is 4. The number of pyridine rings is 1. The molecule has 12 heterocycles. The first-order valence-electron chi connectivity index (χ1n) is 46.5. The molecule has 0 bridgehead atoms. The molecule has 4 saturated heterocycles. The monoisotopic (exact) mass is 2060 g/mol. The number of Topliss-reactive ketones (excluding diaryl/α,β-unsaturated/α-hetero) is 4. The second-order valence-electron chi connectivity index (χ2n) is 35.7. The van der Waals surface area contributed by atoms with Gasteiger partial charge in [-0.1, -0.05) is 102 Å². The number of thiazole rings is 3. The number of anilines is 3. The van der Waals surface area contributed by atoms with Gasteiger partial charge in [0.05, 0.1) is 27.3 Å². The lowest BCUT2D eigenvalue weighted by molar-refractivity contribution is -0.153. The minimum absolute atomic E-state index is 0.000957. The third kappa shape index (κ3) is 25.0. The van der Waals surface area contributed by atoms with Crippen LogP contribution in [0.3, 0.4) is 0 Å². The maximum absolute atomic E-state index is 13.7. The van der Waals surface area contributed by atoms with Crippen molar-refractivity contribution in [2.75, 3.05) is 109 Å². The van der Waals surface area contributed by atoms with Crippen LogP contribution in [0, 0.1) is 27.7 Å². The molecule has 8 atom stereocenters. The molecule has 4 aromatic heterocycles. The van der Waals surface area contributed by atoms with Crippen LogP contribution >= 0.6 is 34.0 Å². The van der Waals surface area contributed by atoms with Crippen molar-refractivity contribution in [1.29, 1.82) is 0 Å². The smallest absolute Gasteiger partial charge is 0.526 e. The number of likely N-dealkylation sites (N-methyl/N-ethyl adjacent to an activating group) is 1. The third-order valence-corrected chi connectivity index (χ3v) is 28.2. The molecule has 145 heavy (non-hydrogen) atoms. The predicted octanol–water partition coefficient (Wildman–Crippen LogP) is 4.21. The van der Waals surface area contributed by atoms with Crippen LogP contribution in [0.15, 0.2) is 109 Å². The van der Waals surface area contributed by atoms with Gasteiger partial charge in [0, 0.05) is 145 Å². The van der Waals surface area contributed by atoms with E-state index in [1.165, 1.54) is 41.2 Å². The summed E-state index contributed by atoms with van der Waals surface area (Å²) in [7, 11) is -4.90. The standard InChI is InChI=1S/C24H26BFN4O7.2C23H28BN5O6S.C22H25BFN5O6S/c1-14-3-2-4-15-11-16(25(36)37-21(14)15)12-19(32)20(18-6-5-17(31)13-27-18)28-24(35)30-10-9-29(8-7-26)22(33)23(30)34;1-4-28-8-9-29(20(32)19(28)31)22(33)27-23(3,16-12-36-21(25)26-16)17(30)11-15-10-14-7-5-6-13(2)18(14)35-24(15)34;1-3-7-28-8-9-29(21(32)20(28)31)23(33)27-18(17-12-26-22(25)36-17)16(30)11-15-10-14-6-4-5-13(2)19(14)35-24(15)34;1-12-3-2-4-13-9-14(23(34)35-18(12)13)10-15(30)17(16-11-26-21(25)36-16)27-22(33)29-8-7-28(6-5-24)19(31)20(29)32/h2-6,13,16,20,31,36H,7-12H2,1H3,(H,28,35);5-7,12,15,34H,4,8-11H2,1-3H3,(H2,25,26)(H,27,33);4-6,12,15,18,34H,3,7-11H2,1-2H3,(H2,25,26)(H,27,33);2-4,11,14,17,34H,5-10H2,1H3,(H2,25,26)(H,27,33)/t16-,20?;15-,23-;15-,18?;14-,17?/m1111/s1. The molecule has 15 N–H and O–H groups in total. The summed E-state index contributed by atoms with van der Waals surface area (Å²) in [4.78, 5) is 230. The highest BCUT2D eigenvalue weighted by Gasteiger charge is 2.50. The minimum Gasteiger partial charge on any atom is -0.536 e. The summed E-state index contributed by atoms with van der Waals surface area (Å²) in [6.07, 6.45) is 5.51. The molecule has 8 aromatic rings. The summed E-state index contributed by atoms with van der Waals surface area (Å²) in [6.45, 7) is 11.3. The number of nitrogens with two attached hydrogens (primary N) is 3. The fourth-order valence-corrected chi connectivity index (χ4v) is 20.0. The molecule has 16 rings (SSSR count). The number of piperazine rings is 4. The fraction of sp³-hybridized carbons (Fsp3) is 0.413. The second kappa shape index (κ2) is 47.4. The molecule has 16 amide bonds. The Labute approximate surface area is 843 Å². The van der Waals surface area contributed by atoms with Crippen molar-refractivity contribution >= 4 is 172 Å². The zero-order chi connectivity index (χ0) is 105. The number of ketones is 4. The Bertz CT molecular complexity index is 6110. The predicted molar refractivity (Wildman–Crippen MR) is 524 cm³/mol. The van der Waals surface area contributed by atoms with E-state index in [1.807, 2.05) is 107 Å². The molecular weight excluding hydrogens is 1950 g/mol. The highest BCUT2D eigenvalue weighted by molar-refractivity contribution is 7.16. The Hall–Kier alpha value is -14.4. The van der Waals surface area contributed by atoms with Gasteiger partial charge in [0.15, 0.2) is 38.5 Å². The average Bonchev–Trinajstić information content (AvgIpc) is 1.77. The molecule has 8 aliphatic rings. The molecule has 0 spiro atoms. The number of para-hydroxylation sites is 4. The van der Waals surface area contributed by atoms with Crippen LogP contribution in [0.1, 0.15) is 137 Å². The number of rotatable bonds is 27. The van der Waals surface area contributed by atoms with Crippen LogP contribution in [0.25, 0.3) is 0 Å². The van der Waals surface area contributed by atoms with Crippen molar-refractivity contribution < 1.29 is 129 Å². The van der Waals surface area contributed by atoms with Crippen molar-refractivity contribution in [3.05, 3.63) is 175 Å². The van der Waals surface area contributed by atoms with Crippen LogP contribution < -0.4 is 57.1 Å². The van der Waals surface area contributed by atoms with E-state index in [4.69, 9.17) is 35.8 Å². The first kappa shape index (κ1) is 108. The zero-order valence-corrected chi connectivity index (χ0v) is 82.4. The van der Waals surface area contributed by atoms with E-state index in [2.05, 4.69) is 41.2 Å². The summed E-state index contributed by atoms with van der Waals surface area (Å²) in [5.41, 5.74) is 22.9. The summed E-state index contributed by atoms with van der Waals surface area (Å²) >= 11 is 3.13. The summed E-state index contributed by atoms with van der Waals surface area (Å²) in [5, 5.41) is 64.2. The van der Waals surface area contributed by atoms with Crippen molar-refractivity contribution in [3.8, 4) is 28.7 Å². The molecule has 44 nitrogen and oxygen atoms in total. The molecule has 53 heteroatoms. The quantitative estimate of drug-likeness (QED) is 0.0253. The summed E-state index contributed by atoms with van der Waals surface area (Å²) in [6, 6.07) is 17.7. The Morgan fingerprint density at radius 1 is 0.441 bits per heavy atom. The highest BCUT2D eigenvalue weighted by Crippen LogP contribution is 2.44. The van der Waals surface area contributed by atoms with Crippen molar-refractivity contribution in [3.63, 3.8) is 0 Å². The number of hydrogen-bond acceptors (Lipinski definition) is 35. The van der Waals surface area contributed by atoms with E-state index in [9.17, 15) is 111 Å². The number of carbonyl (C=O) groups is 16. The Morgan fingerprint density at radius 2 is 0.779 bits per heavy atom. The van der Waals surface area contributed by atoms with Gasteiger partial charge < -0.3 is 102 Å². The van der Waals surface area contributed by atoms with Crippen molar-refractivity contribution in [2.45, 2.75) is 153 Å². The van der Waals surface area contributed by atoms with Crippen LogP contribution in [0.2, 0.25) is 23.3 Å². The number of nitrogens with zero attached hydrogens (tertiary/aromatic N) is 12. The SMILES string of the molecule is CCCN1CCN(C(=O)NC(C(=O)C[C@H]2Cc3cccc(C)c3OB2O)c2cnc(N)s2)C(=O)C1=O.CCN1CCN(C(=O)N[C@@](C)(C(=O)C[C@H]2Cc3cccc(C)c3OB2O)c2csc(N)n2)C(=O)C1=O.Cc1cccc2c1OB(O)[C@@H](CC(=O)C(NC(=O)N1CCN(CCF)C(=O)C1=O)c1ccc(O)cn1)C2.Cc1cccc2c1OB(O)[C@@H](CC(=O)C(NC(=O)N1CCN(CCF)C(=O)C1=O)c1cnc(N)s1)C2. The number of fused-ring (bicyclic) bond motifs is 4. The van der Waals surface area contributed by atoms with Gasteiger partial charge in [-0.25, -0.2) is 42.9 Å². The number of halogens is 2. The molecule has 3 unspecified atom stereocenters. The van der Waals surface area contributed by atoms with Crippen molar-refractivity contribution in [1.82, 2.24) is 80.4 Å². The largest absolute Gasteiger partial charge is 0.536 e. The van der Waals surface area contributed by atoms with E-state index in [0.717, 1.165) is 104 Å². The van der Waals surface area contributed by atoms with Gasteiger partial charge in [0.1, 0.15) is 65.8 Å². The molecule has 8 aliphatic heterocycles. The molecule has 0 radical (unpaired) electrons. The maximum Gasteiger partial charge on any atom is 0.526 e. The Balaban J connectivity index is 0.000000162. The van der Waals surface area contributed by atoms with Gasteiger partial charge in [-0.2, -0.15) is 0 Å². The van der Waals surface area contributed by atoms with E-state index in [1.54, 1.807) is 12.3 Å². The van der Waals surface area contributed by atoms with E-state index < -0.39 is 183 Å². The Morgan fingerprint density at radius 3 is 1.10 bits per heavy atom. The first-order chi connectivity index (χ1) is 69.1. The number of aryl methyl sites for hydroxylation is 4. The third-order valence-electron chi connectivity index (χ3n) is 25.7. The molecule has 4 fully saturated rings. The topological polar surface area (TPSA) is 615 Å². The number of amides is 16. The van der Waals surface area contributed by atoms with Crippen LogP contribution in [-0.2, 0) is 88.8 Å². The number of aromatic hydroxyl groups is 1. The van der Waals surface area contributed by atoms with E-state index >= 15 is 0 Å². The number of alkyl halides is 2. The van der Waals surface area contributed by atoms with Gasteiger partial charge in [0.2, 0.25) is 0 Å². The number of urea groups is 4. The van der Waals surface area contributed by atoms with Gasteiger partial charge >= 0.3 is 99.9 Å². The molecule has 0 aliphatic carbocycles. The highest BCUT2D eigenvalue weighted by atomic mass is 32.1. The van der Waals surface area contributed by atoms with Crippen molar-refractivity contribution in [2.24, 2.45) is 0 Å². The number of nitrogen functional groups attached to an aromatic ring is 3. The lowest BCUT2D eigenvalue weighted by Gasteiger charge is -2.36. The molecule has 0 saturated carbocycles. The number of benzene rings is 4. The maximum atomic E-state index is 13.7. The molecular formula is C92H107B4F2N19O25S3. The van der Waals surface area contributed by atoms with Gasteiger partial charge in [-0.15, -0.1) is 11.3 Å². The van der Waals surface area contributed by atoms with Gasteiger partial charge in [-0.3, -0.25) is 82.1 Å². The fourth-order valence-electron chi connectivity index (χ4n) is 17.8. The number of imide groups is 4.